The number of halogens is 3. The van der Waals surface area contributed by atoms with Crippen molar-refractivity contribution in [1.29, 1.82) is 0 Å². The van der Waals surface area contributed by atoms with Gasteiger partial charge in [-0.25, -0.2) is 23.1 Å². The lowest BCUT2D eigenvalue weighted by Crippen LogP contribution is -2.11. The fourth-order valence-corrected chi connectivity index (χ4v) is 3.40. The third-order valence-corrected chi connectivity index (χ3v) is 4.90. The van der Waals surface area contributed by atoms with Crippen LogP contribution in [0.4, 0.5) is 24.9 Å². The summed E-state index contributed by atoms with van der Waals surface area (Å²) in [5, 5.41) is 15.1. The molecule has 0 unspecified atom stereocenters. The Balaban J connectivity index is 1.52. The molecule has 9 nitrogen and oxygen atoms in total. The van der Waals surface area contributed by atoms with Crippen molar-refractivity contribution in [3.05, 3.63) is 66.0 Å². The normalized spacial score (nSPS) is 11.4. The van der Waals surface area contributed by atoms with E-state index in [1.807, 2.05) is 0 Å². The zero-order valence-electron chi connectivity index (χ0n) is 17.0. The summed E-state index contributed by atoms with van der Waals surface area (Å²) in [4.78, 5) is 20.2. The summed E-state index contributed by atoms with van der Waals surface area (Å²) >= 11 is 0. The maximum Gasteiger partial charge on any atom is 0.226 e. The summed E-state index contributed by atoms with van der Waals surface area (Å²) < 4.78 is 42.8. The Morgan fingerprint density at radius 2 is 1.88 bits per heavy atom. The largest absolute Gasteiger partial charge is 0.395 e. The molecule has 0 atom stereocenters. The van der Waals surface area contributed by atoms with Crippen molar-refractivity contribution in [2.75, 3.05) is 23.8 Å². The van der Waals surface area contributed by atoms with E-state index in [1.54, 1.807) is 16.7 Å². The van der Waals surface area contributed by atoms with Crippen LogP contribution in [0.2, 0.25) is 0 Å². The van der Waals surface area contributed by atoms with E-state index in [9.17, 15) is 13.2 Å². The first-order valence-corrected chi connectivity index (χ1v) is 9.95. The van der Waals surface area contributed by atoms with Crippen molar-refractivity contribution < 1.29 is 18.3 Å². The molecule has 33 heavy (non-hydrogen) atoms. The maximum atomic E-state index is 14.0. The molecular weight excluding hydrogens is 437 g/mol. The fourth-order valence-electron chi connectivity index (χ4n) is 3.40. The third kappa shape index (κ3) is 3.91. The van der Waals surface area contributed by atoms with E-state index < -0.39 is 17.5 Å². The summed E-state index contributed by atoms with van der Waals surface area (Å²) in [5.74, 6) is -1.50. The van der Waals surface area contributed by atoms with Crippen molar-refractivity contribution in [3.63, 3.8) is 0 Å². The molecule has 0 aliphatic rings. The highest BCUT2D eigenvalue weighted by molar-refractivity contribution is 5.85. The second-order valence-electron chi connectivity index (χ2n) is 7.11. The standard InChI is InChI=1S/C21H17F3N8O/c22-11-2-1-3-12(8-11)32-10-27-18-19(30-21(25-6-7-33)31-20(18)32)26-9-15-28-14-5-4-13(23)16(24)17(14)29-15/h1-5,8,10,33H,6-7,9H2,(H,28,29)(H2,25,26,30,31). The van der Waals surface area contributed by atoms with Gasteiger partial charge in [-0.3, -0.25) is 4.57 Å². The quantitative estimate of drug-likeness (QED) is 0.299. The van der Waals surface area contributed by atoms with Gasteiger partial charge >= 0.3 is 0 Å². The van der Waals surface area contributed by atoms with E-state index >= 15 is 0 Å². The highest BCUT2D eigenvalue weighted by Gasteiger charge is 2.16. The Labute approximate surface area is 184 Å². The van der Waals surface area contributed by atoms with Crippen molar-refractivity contribution in [2.45, 2.75) is 6.54 Å². The molecule has 0 bridgehead atoms. The number of aliphatic hydroxyl groups excluding tert-OH is 1. The van der Waals surface area contributed by atoms with Crippen molar-refractivity contribution in [1.82, 2.24) is 29.5 Å². The molecule has 0 saturated heterocycles. The molecule has 3 heterocycles. The Kier molecular flexibility index (Phi) is 5.26. The Morgan fingerprint density at radius 3 is 2.70 bits per heavy atom. The van der Waals surface area contributed by atoms with Crippen LogP contribution >= 0.6 is 0 Å². The van der Waals surface area contributed by atoms with E-state index in [0.717, 1.165) is 6.07 Å². The molecule has 0 aliphatic carbocycles. The van der Waals surface area contributed by atoms with Gasteiger partial charge in [0.2, 0.25) is 5.95 Å². The molecular formula is C21H17F3N8O. The predicted octanol–water partition coefficient (Wildman–Crippen LogP) is 3.13. The van der Waals surface area contributed by atoms with Crippen LogP contribution in [0.5, 0.6) is 0 Å². The summed E-state index contributed by atoms with van der Waals surface area (Å²) in [7, 11) is 0. The molecule has 3 aromatic heterocycles. The summed E-state index contributed by atoms with van der Waals surface area (Å²) in [6.45, 7) is 0.190. The number of nitrogens with zero attached hydrogens (tertiary/aromatic N) is 5. The highest BCUT2D eigenvalue weighted by atomic mass is 19.2. The maximum absolute atomic E-state index is 14.0. The number of benzene rings is 2. The number of hydrogen-bond donors (Lipinski definition) is 4. The van der Waals surface area contributed by atoms with Gasteiger partial charge in [-0.15, -0.1) is 0 Å². The van der Waals surface area contributed by atoms with E-state index in [-0.39, 0.29) is 31.2 Å². The van der Waals surface area contributed by atoms with Gasteiger partial charge in [0.05, 0.1) is 24.4 Å². The smallest absolute Gasteiger partial charge is 0.226 e. The van der Waals surface area contributed by atoms with Crippen LogP contribution in [0.3, 0.4) is 0 Å². The van der Waals surface area contributed by atoms with Crippen molar-refractivity contribution in [3.8, 4) is 5.69 Å². The van der Waals surface area contributed by atoms with Gasteiger partial charge in [0.1, 0.15) is 23.5 Å². The second-order valence-corrected chi connectivity index (χ2v) is 7.11. The van der Waals surface area contributed by atoms with Crippen LogP contribution in [0, 0.1) is 17.5 Å². The topological polar surface area (TPSA) is 117 Å². The van der Waals surface area contributed by atoms with Gasteiger partial charge in [0, 0.05) is 6.54 Å². The molecule has 0 amide bonds. The third-order valence-electron chi connectivity index (χ3n) is 4.90. The predicted molar refractivity (Wildman–Crippen MR) is 116 cm³/mol. The monoisotopic (exact) mass is 454 g/mol. The average Bonchev–Trinajstić information content (AvgIpc) is 3.43. The first kappa shape index (κ1) is 20.7. The zero-order chi connectivity index (χ0) is 22.9. The first-order chi connectivity index (χ1) is 16.0. The number of aromatic nitrogens is 6. The van der Waals surface area contributed by atoms with Gasteiger partial charge in [-0.2, -0.15) is 9.97 Å². The highest BCUT2D eigenvalue weighted by Crippen LogP contribution is 2.25. The molecule has 5 aromatic rings. The van der Waals surface area contributed by atoms with Crippen LogP contribution in [0.1, 0.15) is 5.82 Å². The molecule has 0 aliphatic heterocycles. The summed E-state index contributed by atoms with van der Waals surface area (Å²) in [6, 6.07) is 8.40. The number of aliphatic hydroxyl groups is 1. The average molecular weight is 454 g/mol. The minimum absolute atomic E-state index is 0.0969. The van der Waals surface area contributed by atoms with Crippen LogP contribution in [-0.2, 0) is 6.54 Å². The minimum atomic E-state index is -1.02. The van der Waals surface area contributed by atoms with E-state index in [4.69, 9.17) is 5.11 Å². The zero-order valence-corrected chi connectivity index (χ0v) is 17.0. The summed E-state index contributed by atoms with van der Waals surface area (Å²) in [6.07, 6.45) is 1.49. The summed E-state index contributed by atoms with van der Waals surface area (Å²) in [5.41, 5.74) is 1.59. The first-order valence-electron chi connectivity index (χ1n) is 9.95. The number of anilines is 2. The van der Waals surface area contributed by atoms with Gasteiger partial charge in [-0.05, 0) is 30.3 Å². The van der Waals surface area contributed by atoms with E-state index in [1.165, 1.54) is 24.5 Å². The number of imidazole rings is 2. The molecule has 0 saturated carbocycles. The number of fused-ring (bicyclic) bond motifs is 2. The van der Waals surface area contributed by atoms with Crippen molar-refractivity contribution in [2.24, 2.45) is 0 Å². The second kappa shape index (κ2) is 8.39. The van der Waals surface area contributed by atoms with E-state index in [2.05, 4.69) is 35.6 Å². The van der Waals surface area contributed by atoms with Gasteiger partial charge in [0.15, 0.2) is 28.6 Å². The lowest BCUT2D eigenvalue weighted by Gasteiger charge is -2.10. The molecule has 0 spiro atoms. The van der Waals surface area contributed by atoms with Crippen LogP contribution < -0.4 is 10.6 Å². The van der Waals surface area contributed by atoms with Gasteiger partial charge in [-0.1, -0.05) is 6.07 Å². The minimum Gasteiger partial charge on any atom is -0.395 e. The fraction of sp³-hybridized carbons (Fsp3) is 0.143. The van der Waals surface area contributed by atoms with Crippen molar-refractivity contribution >= 4 is 34.0 Å². The van der Waals surface area contributed by atoms with Crippen LogP contribution in [0.15, 0.2) is 42.7 Å². The Morgan fingerprint density at radius 1 is 1.00 bits per heavy atom. The lowest BCUT2D eigenvalue weighted by molar-refractivity contribution is 0.311. The molecule has 2 aromatic carbocycles. The van der Waals surface area contributed by atoms with Crippen LogP contribution in [-0.4, -0.2) is 47.7 Å². The molecule has 5 rings (SSSR count). The molecule has 12 heteroatoms. The SMILES string of the molecule is OCCNc1nc(NCc2nc3c(F)c(F)ccc3[nH]2)c2ncn(-c3cccc(F)c3)c2n1. The van der Waals surface area contributed by atoms with Gasteiger partial charge < -0.3 is 20.7 Å². The molecule has 0 fully saturated rings. The number of hydrogen-bond acceptors (Lipinski definition) is 7. The Hall–Kier alpha value is -4.19. The van der Waals surface area contributed by atoms with E-state index in [0.29, 0.717) is 34.0 Å². The van der Waals surface area contributed by atoms with Gasteiger partial charge in [0.25, 0.3) is 0 Å². The Bertz CT molecular complexity index is 1470. The lowest BCUT2D eigenvalue weighted by atomic mass is 10.3. The number of rotatable bonds is 7. The van der Waals surface area contributed by atoms with Crippen LogP contribution in [0.25, 0.3) is 27.9 Å². The molecule has 4 N–H and O–H groups in total. The molecule has 0 radical (unpaired) electrons. The number of aromatic amines is 1. The molecule has 168 valence electrons. The number of nitrogens with one attached hydrogen (secondary N) is 3. The number of H-pyrrole nitrogens is 1.